The third-order valence-corrected chi connectivity index (χ3v) is 2.03. The van der Waals surface area contributed by atoms with E-state index in [0.29, 0.717) is 0 Å². The minimum Gasteiger partial charge on any atom is -0.364 e. The minimum atomic E-state index is -0.796. The molecule has 0 fully saturated rings. The fourth-order valence-electron chi connectivity index (χ4n) is 1.27. The number of aliphatic hydroxyl groups is 1. The van der Waals surface area contributed by atoms with Crippen molar-refractivity contribution in [2.24, 2.45) is 0 Å². The number of ether oxygens (including phenoxy) is 1. The summed E-state index contributed by atoms with van der Waals surface area (Å²) < 4.78 is 4.79. The van der Waals surface area contributed by atoms with E-state index in [4.69, 9.17) is 4.74 Å². The number of methoxy groups -OCH3 is 1. The molecule has 0 bridgehead atoms. The van der Waals surface area contributed by atoms with Gasteiger partial charge in [-0.15, -0.1) is 0 Å². The first-order chi connectivity index (χ1) is 6.27. The second-order valence-corrected chi connectivity index (χ2v) is 3.08. The summed E-state index contributed by atoms with van der Waals surface area (Å²) in [6.45, 7) is 2.15. The quantitative estimate of drug-likeness (QED) is 0.720. The van der Waals surface area contributed by atoms with Crippen molar-refractivity contribution in [3.8, 4) is 0 Å². The maximum atomic E-state index is 9.33. The van der Waals surface area contributed by atoms with Crippen molar-refractivity contribution in [3.63, 3.8) is 0 Å². The van der Waals surface area contributed by atoms with Gasteiger partial charge < -0.3 is 9.84 Å². The van der Waals surface area contributed by atoms with Crippen LogP contribution >= 0.6 is 0 Å². The second-order valence-electron chi connectivity index (χ2n) is 3.08. The van der Waals surface area contributed by atoms with Crippen LogP contribution in [0, 0.1) is 0 Å². The smallest absolute Gasteiger partial charge is 0.180 e. The van der Waals surface area contributed by atoms with E-state index in [-0.39, 0.29) is 0 Å². The van der Waals surface area contributed by atoms with E-state index < -0.39 is 6.29 Å². The van der Waals surface area contributed by atoms with Gasteiger partial charge >= 0.3 is 0 Å². The molecule has 0 aliphatic heterocycles. The molecule has 1 unspecified atom stereocenters. The highest BCUT2D eigenvalue weighted by Gasteiger charge is 2.03. The highest BCUT2D eigenvalue weighted by Crippen LogP contribution is 2.14. The van der Waals surface area contributed by atoms with Crippen LogP contribution in [0.5, 0.6) is 0 Å². The number of rotatable bonds is 4. The van der Waals surface area contributed by atoms with Gasteiger partial charge in [0.15, 0.2) is 6.29 Å². The second kappa shape index (κ2) is 5.00. The van der Waals surface area contributed by atoms with Crippen LogP contribution in [0.2, 0.25) is 0 Å². The first-order valence-corrected chi connectivity index (χ1v) is 4.57. The molecular formula is C11H16O2. The Morgan fingerprint density at radius 1 is 1.31 bits per heavy atom. The van der Waals surface area contributed by atoms with Gasteiger partial charge in [-0.25, -0.2) is 0 Å². The molecule has 0 saturated heterocycles. The Morgan fingerprint density at radius 3 is 2.38 bits per heavy atom. The molecule has 72 valence electrons. The van der Waals surface area contributed by atoms with Crippen LogP contribution in [0.3, 0.4) is 0 Å². The van der Waals surface area contributed by atoms with Gasteiger partial charge in [0.05, 0.1) is 0 Å². The largest absolute Gasteiger partial charge is 0.364 e. The monoisotopic (exact) mass is 180 g/mol. The summed E-state index contributed by atoms with van der Waals surface area (Å²) >= 11 is 0. The molecule has 2 heteroatoms. The summed E-state index contributed by atoms with van der Waals surface area (Å²) in [5.74, 6) is 0. The Bertz CT molecular complexity index is 241. The summed E-state index contributed by atoms with van der Waals surface area (Å²) in [7, 11) is 1.49. The number of hydrogen-bond acceptors (Lipinski definition) is 2. The third kappa shape index (κ3) is 2.83. The van der Waals surface area contributed by atoms with E-state index in [1.54, 1.807) is 0 Å². The molecular weight excluding hydrogens is 164 g/mol. The molecule has 0 saturated carbocycles. The molecule has 0 amide bonds. The molecule has 1 atom stereocenters. The van der Waals surface area contributed by atoms with Crippen molar-refractivity contribution in [1.29, 1.82) is 0 Å². The minimum absolute atomic E-state index is 0.796. The maximum absolute atomic E-state index is 9.33. The summed E-state index contributed by atoms with van der Waals surface area (Å²) in [5, 5.41) is 9.33. The Morgan fingerprint density at radius 2 is 1.92 bits per heavy atom. The molecule has 0 aromatic heterocycles. The van der Waals surface area contributed by atoms with Crippen LogP contribution in [0.15, 0.2) is 24.3 Å². The standard InChI is InChI=1S/C11H16O2/c1-3-4-9-5-7-10(8-6-9)11(12)13-2/h5-8,11-12H,3-4H2,1-2H3. The van der Waals surface area contributed by atoms with Gasteiger partial charge in [0.1, 0.15) is 0 Å². The zero-order valence-electron chi connectivity index (χ0n) is 8.16. The van der Waals surface area contributed by atoms with Gasteiger partial charge in [0.2, 0.25) is 0 Å². The molecule has 0 radical (unpaired) electrons. The van der Waals surface area contributed by atoms with Gasteiger partial charge in [-0.2, -0.15) is 0 Å². The first-order valence-electron chi connectivity index (χ1n) is 4.57. The molecule has 2 nitrogen and oxygen atoms in total. The number of aryl methyl sites for hydroxylation is 1. The van der Waals surface area contributed by atoms with Crippen LogP contribution in [-0.2, 0) is 11.2 Å². The zero-order valence-corrected chi connectivity index (χ0v) is 8.16. The lowest BCUT2D eigenvalue weighted by molar-refractivity contribution is -0.0769. The van der Waals surface area contributed by atoms with Crippen LogP contribution in [0.25, 0.3) is 0 Å². The van der Waals surface area contributed by atoms with Gasteiger partial charge in [-0.1, -0.05) is 37.6 Å². The summed E-state index contributed by atoms with van der Waals surface area (Å²) in [6.07, 6.45) is 1.44. The molecule has 1 rings (SSSR count). The van der Waals surface area contributed by atoms with Gasteiger partial charge in [0.25, 0.3) is 0 Å². The van der Waals surface area contributed by atoms with Crippen LogP contribution in [0.1, 0.15) is 30.8 Å². The summed E-state index contributed by atoms with van der Waals surface area (Å²) in [6, 6.07) is 7.86. The molecule has 0 aliphatic rings. The number of hydrogen-bond donors (Lipinski definition) is 1. The summed E-state index contributed by atoms with van der Waals surface area (Å²) in [5.41, 5.74) is 2.11. The highest BCUT2D eigenvalue weighted by molar-refractivity contribution is 5.23. The molecule has 1 N–H and O–H groups in total. The van der Waals surface area contributed by atoms with Gasteiger partial charge in [0, 0.05) is 12.7 Å². The van der Waals surface area contributed by atoms with Crippen LogP contribution in [-0.4, -0.2) is 12.2 Å². The van der Waals surface area contributed by atoms with Crippen molar-refractivity contribution in [2.75, 3.05) is 7.11 Å². The lowest BCUT2D eigenvalue weighted by atomic mass is 10.1. The fourth-order valence-corrected chi connectivity index (χ4v) is 1.27. The normalized spacial score (nSPS) is 12.8. The third-order valence-electron chi connectivity index (χ3n) is 2.03. The Kier molecular flexibility index (Phi) is 3.93. The Hall–Kier alpha value is -0.860. The van der Waals surface area contributed by atoms with Crippen LogP contribution in [0.4, 0.5) is 0 Å². The van der Waals surface area contributed by atoms with Crippen molar-refractivity contribution >= 4 is 0 Å². The lowest BCUT2D eigenvalue weighted by Gasteiger charge is -2.08. The molecule has 1 aromatic rings. The van der Waals surface area contributed by atoms with Crippen molar-refractivity contribution < 1.29 is 9.84 Å². The Balaban J connectivity index is 2.69. The van der Waals surface area contributed by atoms with Crippen molar-refractivity contribution in [2.45, 2.75) is 26.1 Å². The van der Waals surface area contributed by atoms with E-state index in [1.807, 2.05) is 24.3 Å². The van der Waals surface area contributed by atoms with Crippen molar-refractivity contribution in [3.05, 3.63) is 35.4 Å². The average Bonchev–Trinajstić information content (AvgIpc) is 2.18. The highest BCUT2D eigenvalue weighted by atomic mass is 16.6. The van der Waals surface area contributed by atoms with Crippen molar-refractivity contribution in [1.82, 2.24) is 0 Å². The van der Waals surface area contributed by atoms with Gasteiger partial charge in [-0.05, 0) is 12.0 Å². The average molecular weight is 180 g/mol. The fraction of sp³-hybridized carbons (Fsp3) is 0.455. The first kappa shape index (κ1) is 10.2. The Labute approximate surface area is 79.2 Å². The predicted octanol–water partition coefficient (Wildman–Crippen LogP) is 2.28. The predicted molar refractivity (Wildman–Crippen MR) is 52.4 cm³/mol. The number of benzene rings is 1. The van der Waals surface area contributed by atoms with Crippen LogP contribution < -0.4 is 0 Å². The molecule has 0 spiro atoms. The molecule has 0 heterocycles. The van der Waals surface area contributed by atoms with E-state index in [2.05, 4.69) is 6.92 Å². The molecule has 1 aromatic carbocycles. The van der Waals surface area contributed by atoms with E-state index in [0.717, 1.165) is 18.4 Å². The SMILES string of the molecule is CCCc1ccc(C(O)OC)cc1. The van der Waals surface area contributed by atoms with Gasteiger partial charge in [-0.3, -0.25) is 0 Å². The van der Waals surface area contributed by atoms with E-state index in [1.165, 1.54) is 12.7 Å². The molecule has 0 aliphatic carbocycles. The topological polar surface area (TPSA) is 29.5 Å². The zero-order chi connectivity index (χ0) is 9.68. The molecule has 13 heavy (non-hydrogen) atoms. The van der Waals surface area contributed by atoms with E-state index >= 15 is 0 Å². The summed E-state index contributed by atoms with van der Waals surface area (Å²) in [4.78, 5) is 0. The van der Waals surface area contributed by atoms with E-state index in [9.17, 15) is 5.11 Å². The maximum Gasteiger partial charge on any atom is 0.180 e. The number of aliphatic hydroxyl groups excluding tert-OH is 1. The lowest BCUT2D eigenvalue weighted by Crippen LogP contribution is -1.99.